The highest BCUT2D eigenvalue weighted by Gasteiger charge is 2.01. The van der Waals surface area contributed by atoms with E-state index in [9.17, 15) is 4.79 Å². The highest BCUT2D eigenvalue weighted by molar-refractivity contribution is 14.1. The summed E-state index contributed by atoms with van der Waals surface area (Å²) in [6.07, 6.45) is 1.60. The lowest BCUT2D eigenvalue weighted by Crippen LogP contribution is -2.24. The molecule has 21 heavy (non-hydrogen) atoms. The van der Waals surface area contributed by atoms with Gasteiger partial charge in [0.25, 0.3) is 5.91 Å². The fraction of sp³-hybridized carbons (Fsp3) is 0.0667. The molecular weight excluding hydrogens is 447 g/mol. The maximum absolute atomic E-state index is 11.6. The molecule has 2 rings (SSSR count). The SMILES string of the molecule is O=C(COc1ccc(Br)cc1)N/N=C/c1cccc(I)c1. The Hall–Kier alpha value is -1.41. The minimum atomic E-state index is -0.306. The van der Waals surface area contributed by atoms with Gasteiger partial charge in [0.2, 0.25) is 0 Å². The summed E-state index contributed by atoms with van der Waals surface area (Å²) >= 11 is 5.55. The predicted octanol–water partition coefficient (Wildman–Crippen LogP) is 3.58. The molecule has 0 aliphatic heterocycles. The molecule has 0 aliphatic carbocycles. The topological polar surface area (TPSA) is 50.7 Å². The van der Waals surface area contributed by atoms with Gasteiger partial charge in [0.1, 0.15) is 5.75 Å². The molecule has 0 unspecified atom stereocenters. The van der Waals surface area contributed by atoms with Gasteiger partial charge in [-0.15, -0.1) is 0 Å². The van der Waals surface area contributed by atoms with Gasteiger partial charge < -0.3 is 4.74 Å². The van der Waals surface area contributed by atoms with E-state index >= 15 is 0 Å². The Labute approximate surface area is 144 Å². The number of halogens is 2. The second-order valence-electron chi connectivity index (χ2n) is 4.09. The normalized spacial score (nSPS) is 10.6. The molecule has 0 heterocycles. The number of nitrogens with one attached hydrogen (secondary N) is 1. The summed E-state index contributed by atoms with van der Waals surface area (Å²) in [5, 5.41) is 3.89. The molecule has 0 aliphatic rings. The summed E-state index contributed by atoms with van der Waals surface area (Å²) in [5.74, 6) is 0.328. The molecule has 0 bridgehead atoms. The monoisotopic (exact) mass is 458 g/mol. The van der Waals surface area contributed by atoms with E-state index in [1.807, 2.05) is 36.4 Å². The van der Waals surface area contributed by atoms with Crippen molar-refractivity contribution in [3.8, 4) is 5.75 Å². The number of carbonyl (C=O) groups is 1. The molecule has 0 saturated carbocycles. The minimum absolute atomic E-state index is 0.0781. The largest absolute Gasteiger partial charge is 0.484 e. The van der Waals surface area contributed by atoms with Crippen molar-refractivity contribution in [3.05, 3.63) is 62.1 Å². The third kappa shape index (κ3) is 5.84. The third-order valence-electron chi connectivity index (χ3n) is 2.44. The Morgan fingerprint density at radius 2 is 2.05 bits per heavy atom. The minimum Gasteiger partial charge on any atom is -0.484 e. The number of hydrogen-bond acceptors (Lipinski definition) is 3. The van der Waals surface area contributed by atoms with Gasteiger partial charge in [0, 0.05) is 8.04 Å². The van der Waals surface area contributed by atoms with Crippen LogP contribution in [0.3, 0.4) is 0 Å². The fourth-order valence-electron chi connectivity index (χ4n) is 1.48. The summed E-state index contributed by atoms with van der Waals surface area (Å²) in [5.41, 5.74) is 3.35. The van der Waals surface area contributed by atoms with Crippen LogP contribution >= 0.6 is 38.5 Å². The number of amides is 1. The van der Waals surface area contributed by atoms with E-state index in [1.54, 1.807) is 18.3 Å². The second kappa shape index (κ2) is 8.14. The van der Waals surface area contributed by atoms with Crippen molar-refractivity contribution in [2.24, 2.45) is 5.10 Å². The summed E-state index contributed by atoms with van der Waals surface area (Å²) in [6, 6.07) is 15.1. The van der Waals surface area contributed by atoms with Crippen molar-refractivity contribution in [1.82, 2.24) is 5.43 Å². The number of hydrogen-bond donors (Lipinski definition) is 1. The summed E-state index contributed by atoms with van der Waals surface area (Å²) in [7, 11) is 0. The quantitative estimate of drug-likeness (QED) is 0.423. The standard InChI is InChI=1S/C15H12BrIN2O2/c16-12-4-6-14(7-5-12)21-10-15(20)19-18-9-11-2-1-3-13(17)8-11/h1-9H,10H2,(H,19,20)/b18-9+. The third-order valence-corrected chi connectivity index (χ3v) is 3.63. The molecular formula is C15H12BrIN2O2. The molecule has 1 amide bonds. The number of nitrogens with zero attached hydrogens (tertiary/aromatic N) is 1. The molecule has 0 aromatic heterocycles. The molecule has 1 N–H and O–H groups in total. The van der Waals surface area contributed by atoms with Crippen LogP contribution in [0.4, 0.5) is 0 Å². The molecule has 2 aromatic carbocycles. The zero-order valence-corrected chi connectivity index (χ0v) is 14.7. The van der Waals surface area contributed by atoms with Crippen LogP contribution < -0.4 is 10.2 Å². The second-order valence-corrected chi connectivity index (χ2v) is 6.25. The average molecular weight is 459 g/mol. The first-order chi connectivity index (χ1) is 10.1. The zero-order valence-electron chi connectivity index (χ0n) is 10.9. The molecule has 0 spiro atoms. The Balaban J connectivity index is 1.78. The molecule has 0 radical (unpaired) electrons. The summed E-state index contributed by atoms with van der Waals surface area (Å²) in [4.78, 5) is 11.6. The number of carbonyl (C=O) groups excluding carboxylic acids is 1. The van der Waals surface area contributed by atoms with E-state index in [0.717, 1.165) is 13.6 Å². The van der Waals surface area contributed by atoms with Gasteiger partial charge in [0.15, 0.2) is 6.61 Å². The van der Waals surface area contributed by atoms with Crippen LogP contribution in [0, 0.1) is 3.57 Å². The van der Waals surface area contributed by atoms with Crippen LogP contribution in [0.5, 0.6) is 5.75 Å². The van der Waals surface area contributed by atoms with E-state index in [0.29, 0.717) is 5.75 Å². The lowest BCUT2D eigenvalue weighted by atomic mass is 10.2. The molecule has 4 nitrogen and oxygen atoms in total. The van der Waals surface area contributed by atoms with Gasteiger partial charge in [-0.3, -0.25) is 4.79 Å². The lowest BCUT2D eigenvalue weighted by molar-refractivity contribution is -0.123. The Morgan fingerprint density at radius 3 is 2.76 bits per heavy atom. The van der Waals surface area contributed by atoms with E-state index in [2.05, 4.69) is 49.0 Å². The Kier molecular flexibility index (Phi) is 6.19. The van der Waals surface area contributed by atoms with Crippen molar-refractivity contribution in [3.63, 3.8) is 0 Å². The van der Waals surface area contributed by atoms with Crippen LogP contribution in [0.1, 0.15) is 5.56 Å². The van der Waals surface area contributed by atoms with Crippen LogP contribution in [-0.2, 0) is 4.79 Å². The van der Waals surface area contributed by atoms with Gasteiger partial charge in [-0.1, -0.05) is 28.1 Å². The molecule has 0 saturated heterocycles. The highest BCUT2D eigenvalue weighted by Crippen LogP contribution is 2.15. The zero-order chi connectivity index (χ0) is 15.1. The summed E-state index contributed by atoms with van der Waals surface area (Å²) in [6.45, 7) is -0.0781. The average Bonchev–Trinajstić information content (AvgIpc) is 2.47. The van der Waals surface area contributed by atoms with Crippen LogP contribution in [0.25, 0.3) is 0 Å². The summed E-state index contributed by atoms with van der Waals surface area (Å²) < 4.78 is 7.41. The van der Waals surface area contributed by atoms with Gasteiger partial charge in [0.05, 0.1) is 6.21 Å². The first-order valence-electron chi connectivity index (χ1n) is 6.09. The first kappa shape index (κ1) is 16.0. The van der Waals surface area contributed by atoms with Crippen molar-refractivity contribution in [1.29, 1.82) is 0 Å². The molecule has 108 valence electrons. The fourth-order valence-corrected chi connectivity index (χ4v) is 2.31. The van der Waals surface area contributed by atoms with Crippen molar-refractivity contribution >= 4 is 50.6 Å². The maximum Gasteiger partial charge on any atom is 0.277 e. The van der Waals surface area contributed by atoms with Gasteiger partial charge in [-0.05, 0) is 64.6 Å². The maximum atomic E-state index is 11.6. The molecule has 0 fully saturated rings. The number of hydrazone groups is 1. The predicted molar refractivity (Wildman–Crippen MR) is 94.5 cm³/mol. The Morgan fingerprint density at radius 1 is 1.29 bits per heavy atom. The first-order valence-corrected chi connectivity index (χ1v) is 7.96. The van der Waals surface area contributed by atoms with Crippen molar-refractivity contribution < 1.29 is 9.53 Å². The number of ether oxygens (including phenoxy) is 1. The molecule has 6 heteroatoms. The smallest absolute Gasteiger partial charge is 0.277 e. The van der Waals surface area contributed by atoms with E-state index in [-0.39, 0.29) is 12.5 Å². The van der Waals surface area contributed by atoms with Gasteiger partial charge in [-0.25, -0.2) is 5.43 Å². The van der Waals surface area contributed by atoms with Gasteiger partial charge >= 0.3 is 0 Å². The lowest BCUT2D eigenvalue weighted by Gasteiger charge is -2.04. The molecule has 0 atom stereocenters. The van der Waals surface area contributed by atoms with Crippen LogP contribution in [0.15, 0.2) is 58.1 Å². The van der Waals surface area contributed by atoms with Crippen molar-refractivity contribution in [2.75, 3.05) is 6.61 Å². The van der Waals surface area contributed by atoms with E-state index in [1.165, 1.54) is 0 Å². The van der Waals surface area contributed by atoms with Gasteiger partial charge in [-0.2, -0.15) is 5.10 Å². The van der Waals surface area contributed by atoms with E-state index in [4.69, 9.17) is 4.74 Å². The number of rotatable bonds is 5. The highest BCUT2D eigenvalue weighted by atomic mass is 127. The van der Waals surface area contributed by atoms with Crippen LogP contribution in [0.2, 0.25) is 0 Å². The Bertz CT molecular complexity index is 644. The van der Waals surface area contributed by atoms with Crippen molar-refractivity contribution in [2.45, 2.75) is 0 Å². The van der Waals surface area contributed by atoms with E-state index < -0.39 is 0 Å². The number of benzene rings is 2. The molecule has 2 aromatic rings. The van der Waals surface area contributed by atoms with Crippen LogP contribution in [-0.4, -0.2) is 18.7 Å².